The molecule has 0 radical (unpaired) electrons. The van der Waals surface area contributed by atoms with Crippen LogP contribution >= 0.6 is 11.8 Å². The highest BCUT2D eigenvalue weighted by Gasteiger charge is 2.39. The van der Waals surface area contributed by atoms with Crippen molar-refractivity contribution in [2.24, 2.45) is 17.6 Å². The van der Waals surface area contributed by atoms with Gasteiger partial charge in [-0.25, -0.2) is 9.78 Å². The van der Waals surface area contributed by atoms with Gasteiger partial charge < -0.3 is 73.5 Å². The van der Waals surface area contributed by atoms with Crippen molar-refractivity contribution in [1.29, 1.82) is 0 Å². The van der Waals surface area contributed by atoms with Crippen molar-refractivity contribution >= 4 is 70.9 Å². The number of carboxylic acids is 1. The van der Waals surface area contributed by atoms with Crippen molar-refractivity contribution in [2.75, 3.05) is 31.6 Å². The van der Waals surface area contributed by atoms with E-state index in [1.54, 1.807) is 13.8 Å². The fraction of sp³-hybridized carbons (Fsp3) is 0.698. The molecule has 9 amide bonds. The van der Waals surface area contributed by atoms with Gasteiger partial charge in [0.1, 0.15) is 42.3 Å². The number of aliphatic hydroxyl groups excluding tert-OH is 2. The molecule has 2 heterocycles. The number of nitrogens with zero attached hydrogens (tertiary/aromatic N) is 2. The number of aromatic nitrogens is 2. The Hall–Kier alpha value is -5.86. The zero-order chi connectivity index (χ0) is 52.1. The largest absolute Gasteiger partial charge is 0.480 e. The van der Waals surface area contributed by atoms with E-state index in [1.165, 1.54) is 50.0 Å². The van der Waals surface area contributed by atoms with E-state index in [1.807, 2.05) is 20.1 Å². The second kappa shape index (κ2) is 29.2. The van der Waals surface area contributed by atoms with Crippen LogP contribution in [0.25, 0.3) is 0 Å². The summed E-state index contributed by atoms with van der Waals surface area (Å²) in [7, 11) is 0. The number of nitrogens with two attached hydrogens (primary N) is 1. The van der Waals surface area contributed by atoms with Crippen LogP contribution in [0.15, 0.2) is 12.5 Å². The molecule has 25 nitrogen and oxygen atoms in total. The van der Waals surface area contributed by atoms with Gasteiger partial charge in [-0.05, 0) is 76.7 Å². The lowest BCUT2D eigenvalue weighted by atomic mass is 10.0. The molecule has 1 aliphatic rings. The van der Waals surface area contributed by atoms with Gasteiger partial charge in [-0.15, -0.1) is 0 Å². The van der Waals surface area contributed by atoms with E-state index in [9.17, 15) is 63.3 Å². The highest BCUT2D eigenvalue weighted by molar-refractivity contribution is 7.98. The molecule has 0 unspecified atom stereocenters. The SMILES string of the molecule is CSCC[C@H](N)C(=O)NCC(=O)N[C@@H](Cc1cnc[nH]1)C(=O)NCC(=O)N[C@H](C(=O)N[C@@H](CC(C)C)C(=O)N[C@H](C(=O)N[C@@H](C)C(=O)N[C@@H](CC(C)C)C(=O)N1CCC[C@H]1C(=O)O)[C@@H](C)O)[C@@H](C)O. The molecule has 26 heteroatoms. The molecule has 388 valence electrons. The molecule has 1 aromatic heterocycles. The quantitative estimate of drug-likeness (QED) is 0.0365. The van der Waals surface area contributed by atoms with Crippen LogP contribution in [-0.2, 0) is 54.4 Å². The lowest BCUT2D eigenvalue weighted by Gasteiger charge is -2.30. The molecule has 0 saturated carbocycles. The third-order valence-electron chi connectivity index (χ3n) is 10.8. The maximum absolute atomic E-state index is 13.7. The standard InChI is InChI=1S/C43H72N12O13S/c1-21(2)14-28(39(63)54-35(25(7)57)40(64)49-23(5)36(60)52-30(15-22(3)4)42(66)55-12-9-10-31(55)43(67)68)51-41(65)34(24(6)56)53-33(59)19-47-38(62)29(16-26-17-45-20-48-26)50-32(58)18-46-37(61)27(44)11-13-69-8/h17,20-25,27-31,34-35,56-57H,9-16,18-19,44H2,1-8H3,(H,45,48)(H,46,61)(H,47,62)(H,49,64)(H,50,58)(H,51,65)(H,52,60)(H,53,59)(H,54,63)(H,67,68)/t23-,24+,25+,27-,28-,29-,30-,31-,34-,35-/m0/s1. The molecular weight excluding hydrogens is 925 g/mol. The van der Waals surface area contributed by atoms with Gasteiger partial charge in [-0.2, -0.15) is 11.8 Å². The Kier molecular flexibility index (Phi) is 25.1. The maximum Gasteiger partial charge on any atom is 0.326 e. The van der Waals surface area contributed by atoms with Gasteiger partial charge >= 0.3 is 5.97 Å². The zero-order valence-electron chi connectivity index (χ0n) is 40.5. The van der Waals surface area contributed by atoms with Crippen LogP contribution in [0.1, 0.15) is 86.3 Å². The summed E-state index contributed by atoms with van der Waals surface area (Å²) in [6.07, 6.45) is 2.73. The molecule has 10 atom stereocenters. The number of rotatable bonds is 29. The molecular formula is C43H72N12O13S. The van der Waals surface area contributed by atoms with E-state index < -0.39 is 133 Å². The number of H-pyrrole nitrogens is 1. The van der Waals surface area contributed by atoms with Crippen molar-refractivity contribution in [2.45, 2.75) is 148 Å². The molecule has 14 N–H and O–H groups in total. The van der Waals surface area contributed by atoms with E-state index in [4.69, 9.17) is 5.73 Å². The number of aliphatic hydroxyl groups is 2. The number of carbonyl (C=O) groups excluding carboxylic acids is 9. The lowest BCUT2D eigenvalue weighted by Crippen LogP contribution is -2.62. The summed E-state index contributed by atoms with van der Waals surface area (Å²) in [5, 5.41) is 50.2. The number of aliphatic carboxylic acids is 1. The first-order valence-electron chi connectivity index (χ1n) is 22.8. The number of thioether (sulfide) groups is 1. The minimum absolute atomic E-state index is 0.0238. The summed E-state index contributed by atoms with van der Waals surface area (Å²) >= 11 is 1.50. The van der Waals surface area contributed by atoms with Crippen LogP contribution < -0.4 is 48.3 Å². The molecule has 1 fully saturated rings. The van der Waals surface area contributed by atoms with E-state index in [-0.39, 0.29) is 44.1 Å². The number of carboxylic acid groups (broad SMARTS) is 1. The zero-order valence-corrected chi connectivity index (χ0v) is 41.3. The van der Waals surface area contributed by atoms with E-state index in [0.717, 1.165) is 0 Å². The van der Waals surface area contributed by atoms with Gasteiger partial charge in [0.15, 0.2) is 0 Å². The Balaban J connectivity index is 2.11. The third kappa shape index (κ3) is 20.3. The minimum atomic E-state index is -1.68. The summed E-state index contributed by atoms with van der Waals surface area (Å²) in [4.78, 5) is 139. The lowest BCUT2D eigenvalue weighted by molar-refractivity contribution is -0.149. The summed E-state index contributed by atoms with van der Waals surface area (Å²) in [5.41, 5.74) is 6.30. The number of hydrogen-bond donors (Lipinski definition) is 13. The fourth-order valence-corrected chi connectivity index (χ4v) is 7.62. The van der Waals surface area contributed by atoms with Gasteiger partial charge in [-0.3, -0.25) is 43.2 Å². The molecule has 1 saturated heterocycles. The van der Waals surface area contributed by atoms with Gasteiger partial charge in [0.25, 0.3) is 0 Å². The average molecular weight is 997 g/mol. The summed E-state index contributed by atoms with van der Waals surface area (Å²) < 4.78 is 0. The van der Waals surface area contributed by atoms with Gasteiger partial charge in [0.2, 0.25) is 53.2 Å². The first-order valence-corrected chi connectivity index (χ1v) is 24.2. The van der Waals surface area contributed by atoms with Gasteiger partial charge in [0.05, 0.1) is 37.7 Å². The second-order valence-corrected chi connectivity index (χ2v) is 18.9. The predicted octanol–water partition coefficient (Wildman–Crippen LogP) is -3.88. The highest BCUT2D eigenvalue weighted by atomic mass is 32.2. The van der Waals surface area contributed by atoms with E-state index >= 15 is 0 Å². The Morgan fingerprint density at radius 2 is 1.28 bits per heavy atom. The summed E-state index contributed by atoms with van der Waals surface area (Å²) in [5.74, 6) is -8.25. The Bertz CT molecular complexity index is 1920. The second-order valence-electron chi connectivity index (χ2n) is 17.9. The monoisotopic (exact) mass is 997 g/mol. The van der Waals surface area contributed by atoms with Gasteiger partial charge in [0, 0.05) is 24.9 Å². The molecule has 1 aromatic rings. The number of imidazole rings is 1. The molecule has 0 aliphatic carbocycles. The number of nitrogens with one attached hydrogen (secondary N) is 9. The Labute approximate surface area is 405 Å². The first kappa shape index (κ1) is 59.3. The van der Waals surface area contributed by atoms with Crippen molar-refractivity contribution in [3.63, 3.8) is 0 Å². The molecule has 0 aromatic carbocycles. The Morgan fingerprint density at radius 1 is 0.725 bits per heavy atom. The van der Waals surface area contributed by atoms with Crippen molar-refractivity contribution in [1.82, 2.24) is 57.4 Å². The maximum atomic E-state index is 13.7. The molecule has 1 aliphatic heterocycles. The van der Waals surface area contributed by atoms with Crippen molar-refractivity contribution < 1.29 is 63.3 Å². The van der Waals surface area contributed by atoms with Crippen LogP contribution in [0, 0.1) is 11.8 Å². The number of aromatic amines is 1. The summed E-state index contributed by atoms with van der Waals surface area (Å²) in [6, 6.07) is -10.3. The minimum Gasteiger partial charge on any atom is -0.480 e. The number of carbonyl (C=O) groups is 10. The average Bonchev–Trinajstić information content (AvgIpc) is 3.99. The number of likely N-dealkylation sites (tertiary alicyclic amines) is 1. The molecule has 2 rings (SSSR count). The van der Waals surface area contributed by atoms with Crippen LogP contribution in [0.2, 0.25) is 0 Å². The third-order valence-corrected chi connectivity index (χ3v) is 11.5. The van der Waals surface area contributed by atoms with Crippen LogP contribution in [0.5, 0.6) is 0 Å². The van der Waals surface area contributed by atoms with Crippen LogP contribution in [-0.4, -0.2) is 182 Å². The van der Waals surface area contributed by atoms with Crippen molar-refractivity contribution in [3.8, 4) is 0 Å². The van der Waals surface area contributed by atoms with E-state index in [2.05, 4.69) is 52.5 Å². The normalized spacial score (nSPS) is 17.4. The molecule has 69 heavy (non-hydrogen) atoms. The van der Waals surface area contributed by atoms with Crippen LogP contribution in [0.3, 0.4) is 0 Å². The first-order chi connectivity index (χ1) is 32.4. The highest BCUT2D eigenvalue weighted by Crippen LogP contribution is 2.20. The topological polar surface area (TPSA) is 386 Å². The number of amides is 9. The van der Waals surface area contributed by atoms with E-state index in [0.29, 0.717) is 24.3 Å². The van der Waals surface area contributed by atoms with Crippen molar-refractivity contribution in [3.05, 3.63) is 18.2 Å². The molecule has 0 bridgehead atoms. The van der Waals surface area contributed by atoms with Crippen LogP contribution in [0.4, 0.5) is 0 Å². The van der Waals surface area contributed by atoms with Gasteiger partial charge in [-0.1, -0.05) is 27.7 Å². The Morgan fingerprint density at radius 3 is 1.83 bits per heavy atom. The smallest absolute Gasteiger partial charge is 0.326 e. The fourth-order valence-electron chi connectivity index (χ4n) is 7.13. The predicted molar refractivity (Wildman–Crippen MR) is 251 cm³/mol. The molecule has 0 spiro atoms. The summed E-state index contributed by atoms with van der Waals surface area (Å²) in [6.45, 7) is 9.77. The number of hydrogen-bond acceptors (Lipinski definition) is 15.